The van der Waals surface area contributed by atoms with Crippen LogP contribution in [0.4, 0.5) is 13.2 Å². The summed E-state index contributed by atoms with van der Waals surface area (Å²) in [6.07, 6.45) is 14.1. The van der Waals surface area contributed by atoms with Crippen molar-refractivity contribution in [1.82, 2.24) is 5.32 Å². The lowest BCUT2D eigenvalue weighted by Crippen LogP contribution is -2.50. The highest BCUT2D eigenvalue weighted by Crippen LogP contribution is 2.53. The van der Waals surface area contributed by atoms with Gasteiger partial charge in [-0.2, -0.15) is 13.2 Å². The van der Waals surface area contributed by atoms with Crippen LogP contribution in [0.3, 0.4) is 0 Å². The Balaban J connectivity index is 1.18. The Kier molecular flexibility index (Phi) is 11.4. The van der Waals surface area contributed by atoms with Crippen molar-refractivity contribution < 1.29 is 18.3 Å². The number of hydrogen-bond donors (Lipinski definition) is 2. The van der Waals surface area contributed by atoms with Crippen LogP contribution in [-0.4, -0.2) is 23.6 Å². The molecule has 2 nitrogen and oxygen atoms in total. The van der Waals surface area contributed by atoms with E-state index in [0.717, 1.165) is 55.8 Å². The Labute approximate surface area is 261 Å². The molecule has 0 aromatic heterocycles. The van der Waals surface area contributed by atoms with Crippen LogP contribution in [0, 0.1) is 71.0 Å². The Morgan fingerprint density at radius 1 is 0.814 bits per heavy atom. The third kappa shape index (κ3) is 8.06. The zero-order valence-electron chi connectivity index (χ0n) is 28.1. The topological polar surface area (TPSA) is 32.3 Å². The van der Waals surface area contributed by atoms with Crippen LogP contribution in [0.5, 0.6) is 0 Å². The lowest BCUT2D eigenvalue weighted by Gasteiger charge is -2.49. The van der Waals surface area contributed by atoms with E-state index < -0.39 is 18.3 Å². The van der Waals surface area contributed by atoms with Crippen molar-refractivity contribution in [3.63, 3.8) is 0 Å². The minimum Gasteiger partial charge on any atom is -0.378 e. The van der Waals surface area contributed by atoms with Gasteiger partial charge in [0.2, 0.25) is 0 Å². The maximum atomic E-state index is 14.4. The van der Waals surface area contributed by atoms with Crippen molar-refractivity contribution in [3.05, 3.63) is 11.6 Å². The average Bonchev–Trinajstić information content (AvgIpc) is 2.98. The number of alkyl halides is 3. The number of halogens is 3. The fourth-order valence-corrected chi connectivity index (χ4v) is 10.9. The molecule has 0 aromatic rings. The molecular formula is C38H64F3NO. The van der Waals surface area contributed by atoms with E-state index in [-0.39, 0.29) is 24.3 Å². The molecule has 0 aromatic carbocycles. The van der Waals surface area contributed by atoms with E-state index in [1.54, 1.807) is 5.57 Å². The van der Waals surface area contributed by atoms with Gasteiger partial charge >= 0.3 is 6.18 Å². The maximum Gasteiger partial charge on any atom is 0.392 e. The van der Waals surface area contributed by atoms with Crippen molar-refractivity contribution in [2.24, 2.45) is 71.0 Å². The molecule has 0 radical (unpaired) electrons. The number of rotatable bonds is 8. The lowest BCUT2D eigenvalue weighted by molar-refractivity contribution is -0.200. The van der Waals surface area contributed by atoms with Crippen LogP contribution in [-0.2, 0) is 0 Å². The van der Waals surface area contributed by atoms with Gasteiger partial charge in [0.05, 0.1) is 5.92 Å². The highest BCUT2D eigenvalue weighted by molar-refractivity contribution is 5.20. The normalized spacial score (nSPS) is 45.2. The minimum absolute atomic E-state index is 0.108. The van der Waals surface area contributed by atoms with Crippen molar-refractivity contribution in [1.29, 1.82) is 0 Å². The molecule has 5 rings (SSSR count). The molecule has 0 amide bonds. The molecule has 12 unspecified atom stereocenters. The number of fused-ring (bicyclic) bond motifs is 1. The molecule has 5 aliphatic carbocycles. The van der Waals surface area contributed by atoms with Gasteiger partial charge in [-0.05, 0) is 123 Å². The van der Waals surface area contributed by atoms with E-state index in [4.69, 9.17) is 0 Å². The molecule has 2 N–H and O–H groups in total. The number of allylic oxidation sites excluding steroid dienone is 2. The fourth-order valence-electron chi connectivity index (χ4n) is 10.9. The van der Waals surface area contributed by atoms with Gasteiger partial charge in [-0.15, -0.1) is 0 Å². The summed E-state index contributed by atoms with van der Waals surface area (Å²) in [5.74, 6) is 4.65. The molecule has 0 bridgehead atoms. The average molecular weight is 608 g/mol. The zero-order chi connectivity index (χ0) is 30.9. The van der Waals surface area contributed by atoms with Crippen molar-refractivity contribution in [2.45, 2.75) is 156 Å². The van der Waals surface area contributed by atoms with E-state index >= 15 is 0 Å². The second-order valence-electron chi connectivity index (χ2n) is 16.7. The second-order valence-corrected chi connectivity index (χ2v) is 16.7. The minimum atomic E-state index is -4.16. The largest absolute Gasteiger partial charge is 0.392 e. The highest BCUT2D eigenvalue weighted by atomic mass is 19.4. The van der Waals surface area contributed by atoms with Crippen LogP contribution >= 0.6 is 0 Å². The first-order chi connectivity index (χ1) is 20.4. The monoisotopic (exact) mass is 607 g/mol. The summed E-state index contributed by atoms with van der Waals surface area (Å²) >= 11 is 0. The summed E-state index contributed by atoms with van der Waals surface area (Å²) < 4.78 is 43.1. The van der Waals surface area contributed by atoms with E-state index in [1.165, 1.54) is 57.8 Å². The third-order valence-electron chi connectivity index (χ3n) is 14.0. The number of hydrogen-bond acceptors (Lipinski definition) is 2. The van der Waals surface area contributed by atoms with Gasteiger partial charge < -0.3 is 5.11 Å². The zero-order valence-corrected chi connectivity index (χ0v) is 28.1. The molecular weight excluding hydrogens is 543 g/mol. The molecule has 12 atom stereocenters. The molecule has 0 heterocycles. The SMILES string of the molecule is CCC1CCC(CCC2CCC(NC(O)C3CC(C)C(C)C(C4=CCC(C)C5CCC(C)CC45)C3)CC2C(F)(F)F)CC1. The number of aliphatic hydroxyl groups is 1. The summed E-state index contributed by atoms with van der Waals surface area (Å²) in [5, 5.41) is 14.9. The molecule has 0 spiro atoms. The van der Waals surface area contributed by atoms with Crippen molar-refractivity contribution in [3.8, 4) is 0 Å². The summed E-state index contributed by atoms with van der Waals surface area (Å²) in [4.78, 5) is 0. The molecule has 5 aliphatic rings. The first kappa shape index (κ1) is 33.8. The van der Waals surface area contributed by atoms with Gasteiger partial charge in [0, 0.05) is 6.04 Å². The van der Waals surface area contributed by atoms with Gasteiger partial charge in [0.25, 0.3) is 0 Å². The van der Waals surface area contributed by atoms with Crippen molar-refractivity contribution >= 4 is 0 Å². The van der Waals surface area contributed by atoms with Gasteiger partial charge in [-0.3, -0.25) is 5.32 Å². The first-order valence-corrected chi connectivity index (χ1v) is 18.6. The predicted octanol–water partition coefficient (Wildman–Crippen LogP) is 10.6. The number of aliphatic hydroxyl groups excluding tert-OH is 1. The Morgan fingerprint density at radius 2 is 1.53 bits per heavy atom. The quantitative estimate of drug-likeness (QED) is 0.212. The maximum absolute atomic E-state index is 14.4. The highest BCUT2D eigenvalue weighted by Gasteiger charge is 2.49. The van der Waals surface area contributed by atoms with E-state index in [1.807, 2.05) is 0 Å². The lowest BCUT2D eigenvalue weighted by atomic mass is 9.57. The molecule has 5 heteroatoms. The van der Waals surface area contributed by atoms with Crippen LogP contribution in [0.1, 0.15) is 137 Å². The second kappa shape index (κ2) is 14.5. The molecule has 248 valence electrons. The Morgan fingerprint density at radius 3 is 2.23 bits per heavy atom. The van der Waals surface area contributed by atoms with Crippen LogP contribution in [0.15, 0.2) is 11.6 Å². The summed E-state index contributed by atoms with van der Waals surface area (Å²) in [6, 6.07) is -0.246. The standard InChI is InChI=1S/C38H64F3NO/c1-6-27-9-11-28(12-10-27)13-14-29-15-16-31(22-36(29)38(39,40)41)42-37(43)30-20-25(4)26(5)34(21-30)33-18-8-24(3)32-17-7-23(2)19-35(32)33/h18,23-32,34-37,42-43H,6-17,19-22H2,1-5H3. The van der Waals surface area contributed by atoms with E-state index in [2.05, 4.69) is 46.0 Å². The fraction of sp³-hybridized carbons (Fsp3) is 0.947. The Bertz CT molecular complexity index is 909. The predicted molar refractivity (Wildman–Crippen MR) is 171 cm³/mol. The molecule has 4 saturated carbocycles. The number of nitrogens with one attached hydrogen (secondary N) is 1. The van der Waals surface area contributed by atoms with Crippen molar-refractivity contribution in [2.75, 3.05) is 0 Å². The third-order valence-corrected chi connectivity index (χ3v) is 14.0. The molecule has 4 fully saturated rings. The molecule has 0 aliphatic heterocycles. The van der Waals surface area contributed by atoms with Gasteiger partial charge in [-0.25, -0.2) is 0 Å². The molecule has 0 saturated heterocycles. The molecule has 43 heavy (non-hydrogen) atoms. The Hall–Kier alpha value is -0.550. The van der Waals surface area contributed by atoms with E-state index in [0.29, 0.717) is 36.0 Å². The first-order valence-electron chi connectivity index (χ1n) is 18.6. The van der Waals surface area contributed by atoms with E-state index in [9.17, 15) is 18.3 Å². The summed E-state index contributed by atoms with van der Waals surface area (Å²) in [7, 11) is 0. The van der Waals surface area contributed by atoms with Crippen LogP contribution in [0.25, 0.3) is 0 Å². The van der Waals surface area contributed by atoms with Gasteiger partial charge in [0.15, 0.2) is 0 Å². The van der Waals surface area contributed by atoms with Crippen LogP contribution in [0.2, 0.25) is 0 Å². The van der Waals surface area contributed by atoms with Gasteiger partial charge in [0.1, 0.15) is 6.23 Å². The smallest absolute Gasteiger partial charge is 0.378 e. The van der Waals surface area contributed by atoms with Crippen LogP contribution < -0.4 is 5.32 Å². The van der Waals surface area contributed by atoms with Gasteiger partial charge in [-0.1, -0.05) is 91.2 Å². The summed E-state index contributed by atoms with van der Waals surface area (Å²) in [5.41, 5.74) is 1.67. The summed E-state index contributed by atoms with van der Waals surface area (Å²) in [6.45, 7) is 11.9.